The average Bonchev–Trinajstić information content (AvgIpc) is 2.69. The van der Waals surface area contributed by atoms with E-state index in [1.54, 1.807) is 12.3 Å². The van der Waals surface area contributed by atoms with Gasteiger partial charge < -0.3 is 5.32 Å². The van der Waals surface area contributed by atoms with Gasteiger partial charge in [0.1, 0.15) is 6.07 Å². The van der Waals surface area contributed by atoms with Crippen molar-refractivity contribution in [2.45, 2.75) is 19.3 Å². The fourth-order valence-corrected chi connectivity index (χ4v) is 2.43. The predicted molar refractivity (Wildman–Crippen MR) is 76.0 cm³/mol. The number of anilines is 1. The van der Waals surface area contributed by atoms with E-state index >= 15 is 0 Å². The highest BCUT2D eigenvalue weighted by atomic mass is 16.2. The maximum Gasteiger partial charge on any atom is 0.234 e. The smallest absolute Gasteiger partial charge is 0.234 e. The largest absolute Gasteiger partial charge is 0.325 e. The van der Waals surface area contributed by atoms with E-state index in [1.165, 1.54) is 6.20 Å². The zero-order valence-corrected chi connectivity index (χ0v) is 11.3. The Labute approximate surface area is 117 Å². The third kappa shape index (κ3) is 1.76. The van der Waals surface area contributed by atoms with Gasteiger partial charge in [-0.15, -0.1) is 0 Å². The lowest BCUT2D eigenvalue weighted by Crippen LogP contribution is -2.26. The molecule has 0 radical (unpaired) electrons. The van der Waals surface area contributed by atoms with Crippen LogP contribution in [0.5, 0.6) is 0 Å². The first-order valence-corrected chi connectivity index (χ1v) is 6.34. The summed E-state index contributed by atoms with van der Waals surface area (Å²) in [6.45, 7) is 3.82. The first kappa shape index (κ1) is 12.4. The van der Waals surface area contributed by atoms with Crippen LogP contribution in [0.2, 0.25) is 0 Å². The number of nitrogens with zero attached hydrogens (tertiary/aromatic N) is 2. The molecule has 0 spiro atoms. The molecule has 1 aromatic carbocycles. The van der Waals surface area contributed by atoms with E-state index in [2.05, 4.69) is 16.4 Å². The van der Waals surface area contributed by atoms with Crippen molar-refractivity contribution in [2.24, 2.45) is 0 Å². The minimum Gasteiger partial charge on any atom is -0.325 e. The fraction of sp³-hybridized carbons (Fsp3) is 0.188. The van der Waals surface area contributed by atoms with Crippen LogP contribution in [-0.4, -0.2) is 10.9 Å². The number of carbonyl (C=O) groups is 1. The highest BCUT2D eigenvalue weighted by molar-refractivity contribution is 6.06. The number of hydrogen-bond donors (Lipinski definition) is 1. The molecule has 0 unspecified atom stereocenters. The number of aromatic nitrogens is 1. The minimum absolute atomic E-state index is 0.00792. The molecule has 1 amide bonds. The lowest BCUT2D eigenvalue weighted by molar-refractivity contribution is -0.119. The molecule has 98 valence electrons. The topological polar surface area (TPSA) is 65.8 Å². The number of benzene rings is 1. The summed E-state index contributed by atoms with van der Waals surface area (Å²) in [5, 5.41) is 11.8. The molecule has 0 saturated heterocycles. The second-order valence-electron chi connectivity index (χ2n) is 5.41. The van der Waals surface area contributed by atoms with Crippen LogP contribution in [0.1, 0.15) is 25.0 Å². The number of amides is 1. The molecule has 1 aliphatic rings. The Kier molecular flexibility index (Phi) is 2.58. The molecule has 4 heteroatoms. The molecule has 0 saturated carbocycles. The SMILES string of the molecule is CC1(C)C(=O)Nc2cc(-c3cncc(C#N)c3)ccc21. The third-order valence-corrected chi connectivity index (χ3v) is 3.71. The highest BCUT2D eigenvalue weighted by Gasteiger charge is 2.38. The summed E-state index contributed by atoms with van der Waals surface area (Å²) in [6, 6.07) is 9.71. The van der Waals surface area contributed by atoms with Gasteiger partial charge in [0, 0.05) is 23.6 Å². The van der Waals surface area contributed by atoms with Crippen LogP contribution in [0.15, 0.2) is 36.7 Å². The Morgan fingerprint density at radius 3 is 2.75 bits per heavy atom. The van der Waals surface area contributed by atoms with Crippen LogP contribution in [0.4, 0.5) is 5.69 Å². The van der Waals surface area contributed by atoms with Gasteiger partial charge in [-0.3, -0.25) is 9.78 Å². The lowest BCUT2D eigenvalue weighted by Gasteiger charge is -2.15. The molecule has 1 aromatic heterocycles. The molecule has 1 aliphatic heterocycles. The first-order valence-electron chi connectivity index (χ1n) is 6.34. The van der Waals surface area contributed by atoms with E-state index in [0.29, 0.717) is 5.56 Å². The van der Waals surface area contributed by atoms with Crippen molar-refractivity contribution in [2.75, 3.05) is 5.32 Å². The van der Waals surface area contributed by atoms with Gasteiger partial charge in [0.05, 0.1) is 11.0 Å². The Bertz CT molecular complexity index is 757. The standard InChI is InChI=1S/C16H13N3O/c1-16(2)13-4-3-11(6-14(13)19-15(16)20)12-5-10(7-17)8-18-9-12/h3-6,8-9H,1-2H3,(H,19,20). The second-order valence-corrected chi connectivity index (χ2v) is 5.41. The molecule has 20 heavy (non-hydrogen) atoms. The van der Waals surface area contributed by atoms with E-state index in [-0.39, 0.29) is 5.91 Å². The molecule has 0 bridgehead atoms. The van der Waals surface area contributed by atoms with E-state index in [4.69, 9.17) is 5.26 Å². The number of nitrogens with one attached hydrogen (secondary N) is 1. The van der Waals surface area contributed by atoms with Crippen molar-refractivity contribution in [1.29, 1.82) is 5.26 Å². The number of carbonyl (C=O) groups excluding carboxylic acids is 1. The molecule has 0 aliphatic carbocycles. The van der Waals surface area contributed by atoms with Crippen molar-refractivity contribution >= 4 is 11.6 Å². The van der Waals surface area contributed by atoms with Gasteiger partial charge in [-0.25, -0.2) is 0 Å². The zero-order chi connectivity index (χ0) is 14.3. The van der Waals surface area contributed by atoms with Crippen LogP contribution in [0, 0.1) is 11.3 Å². The fourth-order valence-electron chi connectivity index (χ4n) is 2.43. The Morgan fingerprint density at radius 2 is 2.00 bits per heavy atom. The summed E-state index contributed by atoms with van der Waals surface area (Å²) in [5.74, 6) is 0.00792. The number of nitriles is 1. The van der Waals surface area contributed by atoms with Crippen LogP contribution in [0.25, 0.3) is 11.1 Å². The van der Waals surface area contributed by atoms with Crippen molar-refractivity contribution in [1.82, 2.24) is 4.98 Å². The monoisotopic (exact) mass is 263 g/mol. The maximum absolute atomic E-state index is 11.9. The van der Waals surface area contributed by atoms with Gasteiger partial charge >= 0.3 is 0 Å². The van der Waals surface area contributed by atoms with Gasteiger partial charge in [-0.2, -0.15) is 5.26 Å². The summed E-state index contributed by atoms with van der Waals surface area (Å²) >= 11 is 0. The zero-order valence-electron chi connectivity index (χ0n) is 11.3. The van der Waals surface area contributed by atoms with E-state index in [0.717, 1.165) is 22.4 Å². The van der Waals surface area contributed by atoms with Crippen LogP contribution in [-0.2, 0) is 10.2 Å². The summed E-state index contributed by atoms with van der Waals surface area (Å²) in [4.78, 5) is 16.0. The van der Waals surface area contributed by atoms with Gasteiger partial charge in [-0.1, -0.05) is 12.1 Å². The first-order chi connectivity index (χ1) is 9.52. The van der Waals surface area contributed by atoms with Crippen molar-refractivity contribution < 1.29 is 4.79 Å². The Balaban J connectivity index is 2.09. The molecule has 3 rings (SSSR count). The van der Waals surface area contributed by atoms with Gasteiger partial charge in [-0.05, 0) is 37.1 Å². The molecule has 0 fully saturated rings. The van der Waals surface area contributed by atoms with E-state index in [1.807, 2.05) is 32.0 Å². The molecule has 2 heterocycles. The van der Waals surface area contributed by atoms with Crippen molar-refractivity contribution in [3.05, 3.63) is 47.8 Å². The number of fused-ring (bicyclic) bond motifs is 1. The van der Waals surface area contributed by atoms with Gasteiger partial charge in [0.25, 0.3) is 0 Å². The minimum atomic E-state index is -0.499. The summed E-state index contributed by atoms with van der Waals surface area (Å²) in [7, 11) is 0. The van der Waals surface area contributed by atoms with Crippen molar-refractivity contribution in [3.63, 3.8) is 0 Å². The molecular weight excluding hydrogens is 250 g/mol. The van der Waals surface area contributed by atoms with Gasteiger partial charge in [0.2, 0.25) is 5.91 Å². The quantitative estimate of drug-likeness (QED) is 0.860. The highest BCUT2D eigenvalue weighted by Crippen LogP contribution is 2.39. The Morgan fingerprint density at radius 1 is 1.20 bits per heavy atom. The molecule has 1 N–H and O–H groups in total. The number of pyridine rings is 1. The van der Waals surface area contributed by atoms with Crippen LogP contribution in [0.3, 0.4) is 0 Å². The molecule has 4 nitrogen and oxygen atoms in total. The average molecular weight is 263 g/mol. The summed E-state index contributed by atoms with van der Waals surface area (Å²) < 4.78 is 0. The number of hydrogen-bond acceptors (Lipinski definition) is 3. The Hall–Kier alpha value is -2.67. The summed E-state index contributed by atoms with van der Waals surface area (Å²) in [5.41, 5.74) is 3.65. The summed E-state index contributed by atoms with van der Waals surface area (Å²) in [6.07, 6.45) is 3.24. The van der Waals surface area contributed by atoms with Crippen LogP contribution < -0.4 is 5.32 Å². The van der Waals surface area contributed by atoms with Crippen molar-refractivity contribution in [3.8, 4) is 17.2 Å². The normalized spacial score (nSPS) is 15.3. The van der Waals surface area contributed by atoms with Gasteiger partial charge in [0.15, 0.2) is 0 Å². The molecular formula is C16H13N3O. The van der Waals surface area contributed by atoms with E-state index < -0.39 is 5.41 Å². The lowest BCUT2D eigenvalue weighted by atomic mass is 9.85. The maximum atomic E-state index is 11.9. The number of rotatable bonds is 1. The molecule has 0 atom stereocenters. The third-order valence-electron chi connectivity index (χ3n) is 3.71. The van der Waals surface area contributed by atoms with Crippen LogP contribution >= 0.6 is 0 Å². The molecule has 2 aromatic rings. The van der Waals surface area contributed by atoms with E-state index in [9.17, 15) is 4.79 Å². The second kappa shape index (κ2) is 4.17. The predicted octanol–water partition coefficient (Wildman–Crippen LogP) is 2.85.